The Hall–Kier alpha value is -0.380. The second-order valence-corrected chi connectivity index (χ2v) is 6.51. The number of hydrogen-bond acceptors (Lipinski definition) is 2. The lowest BCUT2D eigenvalue weighted by Gasteiger charge is -2.25. The molecule has 0 aliphatic rings. The highest BCUT2D eigenvalue weighted by Gasteiger charge is 2.13. The molecule has 0 aliphatic heterocycles. The van der Waals surface area contributed by atoms with Crippen molar-refractivity contribution < 1.29 is 4.74 Å². The van der Waals surface area contributed by atoms with Crippen molar-refractivity contribution in [2.24, 2.45) is 0 Å². The minimum absolute atomic E-state index is 0.147. The largest absolute Gasteiger partial charge is 0.372 e. The van der Waals surface area contributed by atoms with Crippen LogP contribution in [0.15, 0.2) is 28.7 Å². The fraction of sp³-hybridized carbons (Fsp3) is 0.600. The maximum absolute atomic E-state index is 5.93. The summed E-state index contributed by atoms with van der Waals surface area (Å²) >= 11 is 3.44. The lowest BCUT2D eigenvalue weighted by Crippen LogP contribution is -2.41. The zero-order chi connectivity index (χ0) is 13.6. The minimum Gasteiger partial charge on any atom is -0.372 e. The molecule has 0 saturated carbocycles. The van der Waals surface area contributed by atoms with E-state index in [-0.39, 0.29) is 11.6 Å². The second kappa shape index (κ2) is 7.27. The number of ether oxygens (including phenoxy) is 1. The van der Waals surface area contributed by atoms with E-state index in [9.17, 15) is 0 Å². The molecule has 0 bridgehead atoms. The molecule has 1 aromatic carbocycles. The van der Waals surface area contributed by atoms with E-state index in [1.54, 1.807) is 0 Å². The van der Waals surface area contributed by atoms with Crippen LogP contribution in [0.25, 0.3) is 0 Å². The van der Waals surface area contributed by atoms with E-state index in [1.165, 1.54) is 5.56 Å². The molecular formula is C15H24BrNO. The van der Waals surface area contributed by atoms with Gasteiger partial charge in [0.05, 0.1) is 12.7 Å². The van der Waals surface area contributed by atoms with Crippen molar-refractivity contribution in [2.45, 2.75) is 52.4 Å². The summed E-state index contributed by atoms with van der Waals surface area (Å²) < 4.78 is 7.04. The maximum Gasteiger partial charge on any atom is 0.0721 e. The fourth-order valence-corrected chi connectivity index (χ4v) is 1.80. The van der Waals surface area contributed by atoms with Gasteiger partial charge in [0, 0.05) is 16.6 Å². The van der Waals surface area contributed by atoms with Gasteiger partial charge in [0.15, 0.2) is 0 Å². The zero-order valence-corrected chi connectivity index (χ0v) is 13.4. The van der Waals surface area contributed by atoms with Gasteiger partial charge in [0.2, 0.25) is 0 Å². The Morgan fingerprint density at radius 1 is 1.22 bits per heavy atom. The summed E-state index contributed by atoms with van der Waals surface area (Å²) in [6.07, 6.45) is 1.30. The van der Waals surface area contributed by atoms with E-state index >= 15 is 0 Å². The predicted molar refractivity (Wildman–Crippen MR) is 80.8 cm³/mol. The van der Waals surface area contributed by atoms with Crippen molar-refractivity contribution in [1.82, 2.24) is 5.32 Å². The summed E-state index contributed by atoms with van der Waals surface area (Å²) in [6, 6.07) is 8.28. The van der Waals surface area contributed by atoms with Crippen LogP contribution in [0.1, 0.15) is 39.7 Å². The molecule has 1 atom stereocenters. The Morgan fingerprint density at radius 2 is 1.83 bits per heavy atom. The molecule has 0 heterocycles. The monoisotopic (exact) mass is 313 g/mol. The van der Waals surface area contributed by atoms with Gasteiger partial charge in [-0.15, -0.1) is 0 Å². The smallest absolute Gasteiger partial charge is 0.0721 e. The molecule has 0 radical (unpaired) electrons. The van der Waals surface area contributed by atoms with E-state index in [1.807, 2.05) is 12.1 Å². The number of benzene rings is 1. The average molecular weight is 314 g/mol. The molecule has 0 aliphatic carbocycles. The van der Waals surface area contributed by atoms with E-state index in [4.69, 9.17) is 4.74 Å². The van der Waals surface area contributed by atoms with Gasteiger partial charge in [-0.1, -0.05) is 35.0 Å². The first-order valence-electron chi connectivity index (χ1n) is 6.52. The maximum atomic E-state index is 5.93. The first-order valence-corrected chi connectivity index (χ1v) is 7.31. The normalized spacial score (nSPS) is 13.6. The van der Waals surface area contributed by atoms with Crippen LogP contribution in [0.3, 0.4) is 0 Å². The van der Waals surface area contributed by atoms with Gasteiger partial charge in [0.25, 0.3) is 0 Å². The highest BCUT2D eigenvalue weighted by Crippen LogP contribution is 2.12. The van der Waals surface area contributed by atoms with Gasteiger partial charge < -0.3 is 10.1 Å². The second-order valence-electron chi connectivity index (χ2n) is 5.60. The molecule has 2 nitrogen and oxygen atoms in total. The van der Waals surface area contributed by atoms with Crippen LogP contribution in [0.5, 0.6) is 0 Å². The Kier molecular flexibility index (Phi) is 6.33. The predicted octanol–water partition coefficient (Wildman–Crippen LogP) is 4.13. The number of halogens is 1. The molecule has 1 N–H and O–H groups in total. The van der Waals surface area contributed by atoms with Crippen molar-refractivity contribution in [1.29, 1.82) is 0 Å². The molecule has 102 valence electrons. The Labute approximate surface area is 119 Å². The molecular weight excluding hydrogens is 290 g/mol. The molecule has 1 rings (SSSR count). The SMILES string of the molecule is CCC(CNC(C)(C)C)OCc1ccc(Br)cc1. The topological polar surface area (TPSA) is 21.3 Å². The Balaban J connectivity index is 2.37. The standard InChI is InChI=1S/C15H24BrNO/c1-5-14(10-17-15(2,3)4)18-11-12-6-8-13(16)9-7-12/h6-9,14,17H,5,10-11H2,1-4H3. The number of nitrogens with one attached hydrogen (secondary N) is 1. The Bertz CT molecular complexity index is 343. The van der Waals surface area contributed by atoms with Gasteiger partial charge in [-0.25, -0.2) is 0 Å². The van der Waals surface area contributed by atoms with Gasteiger partial charge in [-0.05, 0) is 44.9 Å². The zero-order valence-electron chi connectivity index (χ0n) is 11.8. The van der Waals surface area contributed by atoms with Crippen molar-refractivity contribution >= 4 is 15.9 Å². The van der Waals surface area contributed by atoms with Crippen molar-refractivity contribution in [3.05, 3.63) is 34.3 Å². The first kappa shape index (κ1) is 15.7. The quantitative estimate of drug-likeness (QED) is 0.852. The van der Waals surface area contributed by atoms with E-state index in [0.29, 0.717) is 6.61 Å². The summed E-state index contributed by atoms with van der Waals surface area (Å²) in [6.45, 7) is 10.3. The third-order valence-electron chi connectivity index (χ3n) is 2.71. The summed E-state index contributed by atoms with van der Waals surface area (Å²) in [4.78, 5) is 0. The minimum atomic E-state index is 0.147. The molecule has 18 heavy (non-hydrogen) atoms. The molecule has 1 unspecified atom stereocenters. The molecule has 1 aromatic rings. The molecule has 0 fully saturated rings. The van der Waals surface area contributed by atoms with Gasteiger partial charge >= 0.3 is 0 Å². The third-order valence-corrected chi connectivity index (χ3v) is 3.24. The van der Waals surface area contributed by atoms with Crippen LogP contribution in [-0.2, 0) is 11.3 Å². The molecule has 0 amide bonds. The van der Waals surface area contributed by atoms with Crippen LogP contribution in [0.2, 0.25) is 0 Å². The molecule has 0 spiro atoms. The molecule has 0 aromatic heterocycles. The highest BCUT2D eigenvalue weighted by atomic mass is 79.9. The van der Waals surface area contributed by atoms with Crippen LogP contribution < -0.4 is 5.32 Å². The van der Waals surface area contributed by atoms with E-state index in [2.05, 4.69) is 61.1 Å². The molecule has 0 saturated heterocycles. The summed E-state index contributed by atoms with van der Waals surface area (Å²) in [5, 5.41) is 3.49. The van der Waals surface area contributed by atoms with Gasteiger partial charge in [-0.2, -0.15) is 0 Å². The van der Waals surface area contributed by atoms with Crippen LogP contribution >= 0.6 is 15.9 Å². The van der Waals surface area contributed by atoms with Crippen molar-refractivity contribution in [3.63, 3.8) is 0 Å². The van der Waals surface area contributed by atoms with E-state index in [0.717, 1.165) is 17.4 Å². The van der Waals surface area contributed by atoms with Crippen LogP contribution in [0.4, 0.5) is 0 Å². The number of rotatable bonds is 6. The third kappa shape index (κ3) is 6.53. The van der Waals surface area contributed by atoms with Crippen molar-refractivity contribution in [3.8, 4) is 0 Å². The lowest BCUT2D eigenvalue weighted by atomic mass is 10.1. The van der Waals surface area contributed by atoms with Crippen LogP contribution in [0, 0.1) is 0 Å². The van der Waals surface area contributed by atoms with Crippen molar-refractivity contribution in [2.75, 3.05) is 6.54 Å². The molecule has 3 heteroatoms. The lowest BCUT2D eigenvalue weighted by molar-refractivity contribution is 0.0345. The highest BCUT2D eigenvalue weighted by molar-refractivity contribution is 9.10. The van der Waals surface area contributed by atoms with E-state index < -0.39 is 0 Å². The average Bonchev–Trinajstić information content (AvgIpc) is 2.30. The first-order chi connectivity index (χ1) is 8.40. The Morgan fingerprint density at radius 3 is 2.33 bits per heavy atom. The van der Waals surface area contributed by atoms with Crippen LogP contribution in [-0.4, -0.2) is 18.2 Å². The number of hydrogen-bond donors (Lipinski definition) is 1. The summed E-state index contributed by atoms with van der Waals surface area (Å²) in [5.41, 5.74) is 1.36. The summed E-state index contributed by atoms with van der Waals surface area (Å²) in [7, 11) is 0. The van der Waals surface area contributed by atoms with Gasteiger partial charge in [-0.3, -0.25) is 0 Å². The van der Waals surface area contributed by atoms with Gasteiger partial charge in [0.1, 0.15) is 0 Å². The summed E-state index contributed by atoms with van der Waals surface area (Å²) in [5.74, 6) is 0. The fourth-order valence-electron chi connectivity index (χ4n) is 1.54.